The Balaban J connectivity index is 2.46. The molecule has 22 heavy (non-hydrogen) atoms. The number of carboxylic acid groups (broad SMARTS) is 1. The van der Waals surface area contributed by atoms with Crippen LogP contribution in [-0.4, -0.2) is 25.3 Å². The maximum absolute atomic E-state index is 11.5. The van der Waals surface area contributed by atoms with Crippen molar-refractivity contribution in [2.45, 2.75) is 6.92 Å². The molecule has 1 N–H and O–H groups in total. The zero-order chi connectivity index (χ0) is 16.1. The van der Waals surface area contributed by atoms with Crippen molar-refractivity contribution >= 4 is 17.6 Å². The van der Waals surface area contributed by atoms with E-state index in [0.717, 1.165) is 11.1 Å². The average Bonchev–Trinajstić information content (AvgIpc) is 2.53. The Labute approximate surface area is 129 Å². The molecule has 4 nitrogen and oxygen atoms in total. The van der Waals surface area contributed by atoms with Gasteiger partial charge in [0.25, 0.3) is 0 Å². The molecule has 2 rings (SSSR count). The maximum atomic E-state index is 11.5. The van der Waals surface area contributed by atoms with Crippen LogP contribution in [0.5, 0.6) is 11.5 Å². The minimum atomic E-state index is -0.973. The molecule has 114 valence electrons. The predicted octanol–water partition coefficient (Wildman–Crippen LogP) is 3.64. The second kappa shape index (κ2) is 6.80. The highest BCUT2D eigenvalue weighted by Gasteiger charge is 2.11. The monoisotopic (exact) mass is 298 g/mol. The van der Waals surface area contributed by atoms with E-state index in [2.05, 4.69) is 0 Å². The highest BCUT2D eigenvalue weighted by atomic mass is 16.5. The van der Waals surface area contributed by atoms with Crippen molar-refractivity contribution in [1.82, 2.24) is 0 Å². The van der Waals surface area contributed by atoms with Crippen molar-refractivity contribution in [2.75, 3.05) is 14.2 Å². The van der Waals surface area contributed by atoms with E-state index < -0.39 is 5.97 Å². The molecule has 2 aromatic carbocycles. The average molecular weight is 298 g/mol. The molecule has 2 aromatic rings. The van der Waals surface area contributed by atoms with Gasteiger partial charge in [0.1, 0.15) is 0 Å². The zero-order valence-corrected chi connectivity index (χ0v) is 12.8. The molecular formula is C18H18O4. The molecule has 0 bridgehead atoms. The summed E-state index contributed by atoms with van der Waals surface area (Å²) in [4.78, 5) is 11.5. The number of carboxylic acids is 1. The number of rotatable bonds is 5. The molecule has 4 heteroatoms. The van der Waals surface area contributed by atoms with E-state index in [-0.39, 0.29) is 5.57 Å². The van der Waals surface area contributed by atoms with Gasteiger partial charge in [0.2, 0.25) is 0 Å². The molecule has 0 saturated heterocycles. The van der Waals surface area contributed by atoms with Crippen LogP contribution < -0.4 is 9.47 Å². The van der Waals surface area contributed by atoms with Crippen LogP contribution in [0.1, 0.15) is 16.7 Å². The van der Waals surface area contributed by atoms with E-state index in [9.17, 15) is 9.90 Å². The molecule has 0 aliphatic heterocycles. The Morgan fingerprint density at radius 3 is 2.18 bits per heavy atom. The molecule has 0 aliphatic carbocycles. The van der Waals surface area contributed by atoms with E-state index in [1.165, 1.54) is 0 Å². The zero-order valence-electron chi connectivity index (χ0n) is 12.8. The van der Waals surface area contributed by atoms with Gasteiger partial charge in [0.05, 0.1) is 19.8 Å². The van der Waals surface area contributed by atoms with Crippen LogP contribution in [0.25, 0.3) is 11.6 Å². The number of aryl methyl sites for hydroxylation is 1. The standard InChI is InChI=1S/C18H18O4/c1-12-4-7-14(8-5-12)15(18(19)20)10-13-6-9-16(21-2)17(11-13)22-3/h4-11H,1-3H3,(H,19,20)/b15-10-. The van der Waals surface area contributed by atoms with Gasteiger partial charge < -0.3 is 14.6 Å². The SMILES string of the molecule is COc1ccc(/C=C(\C(=O)O)c2ccc(C)cc2)cc1OC. The predicted molar refractivity (Wildman–Crippen MR) is 86.2 cm³/mol. The first kappa shape index (κ1) is 15.6. The van der Waals surface area contributed by atoms with Gasteiger partial charge in [-0.15, -0.1) is 0 Å². The van der Waals surface area contributed by atoms with Crippen molar-refractivity contribution < 1.29 is 19.4 Å². The Kier molecular flexibility index (Phi) is 4.84. The summed E-state index contributed by atoms with van der Waals surface area (Å²) >= 11 is 0. The van der Waals surface area contributed by atoms with Gasteiger partial charge in [-0.05, 0) is 36.3 Å². The highest BCUT2D eigenvalue weighted by Crippen LogP contribution is 2.29. The Morgan fingerprint density at radius 2 is 1.64 bits per heavy atom. The van der Waals surface area contributed by atoms with Crippen molar-refractivity contribution in [3.8, 4) is 11.5 Å². The lowest BCUT2D eigenvalue weighted by Crippen LogP contribution is -2.00. The largest absolute Gasteiger partial charge is 0.493 e. The van der Waals surface area contributed by atoms with Gasteiger partial charge in [0, 0.05) is 0 Å². The second-order valence-corrected chi connectivity index (χ2v) is 4.84. The molecule has 0 aromatic heterocycles. The minimum Gasteiger partial charge on any atom is -0.493 e. The lowest BCUT2D eigenvalue weighted by Gasteiger charge is -2.09. The van der Waals surface area contributed by atoms with Gasteiger partial charge in [-0.2, -0.15) is 0 Å². The van der Waals surface area contributed by atoms with Gasteiger partial charge in [0.15, 0.2) is 11.5 Å². The maximum Gasteiger partial charge on any atom is 0.336 e. The fourth-order valence-electron chi connectivity index (χ4n) is 2.11. The molecule has 0 heterocycles. The van der Waals surface area contributed by atoms with Crippen LogP contribution in [0.15, 0.2) is 42.5 Å². The number of methoxy groups -OCH3 is 2. The van der Waals surface area contributed by atoms with Crippen molar-refractivity contribution in [3.05, 3.63) is 59.2 Å². The summed E-state index contributed by atoms with van der Waals surface area (Å²) in [5, 5.41) is 9.46. The molecule has 0 spiro atoms. The van der Waals surface area contributed by atoms with Crippen LogP contribution in [0, 0.1) is 6.92 Å². The fraction of sp³-hybridized carbons (Fsp3) is 0.167. The smallest absolute Gasteiger partial charge is 0.336 e. The number of hydrogen-bond acceptors (Lipinski definition) is 3. The van der Waals surface area contributed by atoms with Gasteiger partial charge >= 0.3 is 5.97 Å². The number of ether oxygens (including phenoxy) is 2. The Morgan fingerprint density at radius 1 is 1.00 bits per heavy atom. The molecule has 0 saturated carbocycles. The normalized spacial score (nSPS) is 11.1. The quantitative estimate of drug-likeness (QED) is 0.676. The first-order valence-corrected chi connectivity index (χ1v) is 6.79. The third-order valence-electron chi connectivity index (χ3n) is 3.31. The van der Waals surface area contributed by atoms with Crippen molar-refractivity contribution in [1.29, 1.82) is 0 Å². The molecule has 0 fully saturated rings. The summed E-state index contributed by atoms with van der Waals surface area (Å²) in [6.07, 6.45) is 1.62. The molecular weight excluding hydrogens is 280 g/mol. The van der Waals surface area contributed by atoms with E-state index in [1.807, 2.05) is 19.1 Å². The molecule has 0 atom stereocenters. The summed E-state index contributed by atoms with van der Waals surface area (Å²) in [5.74, 6) is 0.190. The van der Waals surface area contributed by atoms with E-state index in [4.69, 9.17) is 9.47 Å². The summed E-state index contributed by atoms with van der Waals surface area (Å²) < 4.78 is 10.4. The number of hydrogen-bond donors (Lipinski definition) is 1. The molecule has 0 aliphatic rings. The van der Waals surface area contributed by atoms with Crippen LogP contribution in [-0.2, 0) is 4.79 Å². The summed E-state index contributed by atoms with van der Waals surface area (Å²) in [5.41, 5.74) is 2.70. The van der Waals surface area contributed by atoms with Gasteiger partial charge in [-0.1, -0.05) is 35.9 Å². The minimum absolute atomic E-state index is 0.229. The Hall–Kier alpha value is -2.75. The summed E-state index contributed by atoms with van der Waals surface area (Å²) in [6.45, 7) is 1.96. The molecule has 0 amide bonds. The molecule has 0 unspecified atom stereocenters. The highest BCUT2D eigenvalue weighted by molar-refractivity contribution is 6.20. The first-order chi connectivity index (χ1) is 10.5. The van der Waals surface area contributed by atoms with Crippen LogP contribution in [0.2, 0.25) is 0 Å². The van der Waals surface area contributed by atoms with Crippen LogP contribution in [0.4, 0.5) is 0 Å². The van der Waals surface area contributed by atoms with Crippen LogP contribution >= 0.6 is 0 Å². The number of carbonyl (C=O) groups is 1. The third kappa shape index (κ3) is 3.47. The first-order valence-electron chi connectivity index (χ1n) is 6.79. The Bertz CT molecular complexity index is 700. The van der Waals surface area contributed by atoms with E-state index >= 15 is 0 Å². The van der Waals surface area contributed by atoms with Crippen molar-refractivity contribution in [2.24, 2.45) is 0 Å². The van der Waals surface area contributed by atoms with E-state index in [0.29, 0.717) is 17.1 Å². The summed E-state index contributed by atoms with van der Waals surface area (Å²) in [6, 6.07) is 12.7. The topological polar surface area (TPSA) is 55.8 Å². The van der Waals surface area contributed by atoms with Gasteiger partial charge in [-0.25, -0.2) is 4.79 Å². The number of aliphatic carboxylic acids is 1. The lowest BCUT2D eigenvalue weighted by atomic mass is 10.0. The summed E-state index contributed by atoms with van der Waals surface area (Å²) in [7, 11) is 3.10. The lowest BCUT2D eigenvalue weighted by molar-refractivity contribution is -0.130. The number of benzene rings is 2. The van der Waals surface area contributed by atoms with Gasteiger partial charge in [-0.3, -0.25) is 0 Å². The molecule has 0 radical (unpaired) electrons. The van der Waals surface area contributed by atoms with E-state index in [1.54, 1.807) is 50.6 Å². The van der Waals surface area contributed by atoms with Crippen molar-refractivity contribution in [3.63, 3.8) is 0 Å². The van der Waals surface area contributed by atoms with Crippen LogP contribution in [0.3, 0.4) is 0 Å². The fourth-order valence-corrected chi connectivity index (χ4v) is 2.11. The second-order valence-electron chi connectivity index (χ2n) is 4.84. The third-order valence-corrected chi connectivity index (χ3v) is 3.31.